The molecule has 0 radical (unpaired) electrons. The molecule has 1 amide bonds. The molecule has 1 aliphatic carbocycles. The third-order valence-corrected chi connectivity index (χ3v) is 4.64. The van der Waals surface area contributed by atoms with Gasteiger partial charge >= 0.3 is 0 Å². The Labute approximate surface area is 119 Å². The van der Waals surface area contributed by atoms with E-state index in [2.05, 4.69) is 12.2 Å². The third kappa shape index (κ3) is 3.31. The number of nitrogens with two attached hydrogens (primary N) is 1. The Morgan fingerprint density at radius 1 is 1.47 bits per heavy atom. The summed E-state index contributed by atoms with van der Waals surface area (Å²) < 4.78 is 0. The summed E-state index contributed by atoms with van der Waals surface area (Å²) in [5.41, 5.74) is 6.47. The van der Waals surface area contributed by atoms with E-state index in [1.807, 2.05) is 30.5 Å². The molecule has 19 heavy (non-hydrogen) atoms. The molecule has 104 valence electrons. The predicted octanol–water partition coefficient (Wildman–Crippen LogP) is 3.25. The average molecular weight is 278 g/mol. The minimum Gasteiger partial charge on any atom is -0.323 e. The summed E-state index contributed by atoms with van der Waals surface area (Å²) >= 11 is 1.63. The highest BCUT2D eigenvalue weighted by Crippen LogP contribution is 2.32. The van der Waals surface area contributed by atoms with Gasteiger partial charge < -0.3 is 11.1 Å². The first-order chi connectivity index (χ1) is 9.05. The Kier molecular flexibility index (Phi) is 4.53. The first-order valence-electron chi connectivity index (χ1n) is 6.78. The summed E-state index contributed by atoms with van der Waals surface area (Å²) in [4.78, 5) is 13.5. The van der Waals surface area contributed by atoms with Gasteiger partial charge in [0.05, 0.1) is 11.2 Å². The molecule has 2 rings (SSSR count). The fraction of sp³-hybridized carbons (Fsp3) is 0.533. The molecule has 1 aromatic carbocycles. The van der Waals surface area contributed by atoms with Crippen molar-refractivity contribution in [1.29, 1.82) is 0 Å². The maximum atomic E-state index is 12.5. The van der Waals surface area contributed by atoms with E-state index in [0.717, 1.165) is 29.8 Å². The van der Waals surface area contributed by atoms with Crippen LogP contribution in [0.2, 0.25) is 0 Å². The second-order valence-corrected chi connectivity index (χ2v) is 6.36. The van der Waals surface area contributed by atoms with Crippen LogP contribution in [0.15, 0.2) is 29.2 Å². The van der Waals surface area contributed by atoms with E-state index in [1.54, 1.807) is 11.8 Å². The van der Waals surface area contributed by atoms with Crippen LogP contribution in [0.4, 0.5) is 5.69 Å². The van der Waals surface area contributed by atoms with Crippen LogP contribution >= 0.6 is 11.8 Å². The van der Waals surface area contributed by atoms with Crippen molar-refractivity contribution in [3.05, 3.63) is 24.3 Å². The van der Waals surface area contributed by atoms with Crippen LogP contribution in [0.25, 0.3) is 0 Å². The van der Waals surface area contributed by atoms with Crippen molar-refractivity contribution in [2.24, 2.45) is 11.7 Å². The van der Waals surface area contributed by atoms with Crippen LogP contribution in [-0.2, 0) is 4.79 Å². The standard InChI is InChI=1S/C15H22N2OS/c1-11-6-5-9-15(16,10-11)14(18)17-12-7-3-4-8-13(12)19-2/h3-4,7-8,11H,5-6,9-10,16H2,1-2H3,(H,17,18). The van der Waals surface area contributed by atoms with E-state index in [-0.39, 0.29) is 5.91 Å². The second-order valence-electron chi connectivity index (χ2n) is 5.51. The van der Waals surface area contributed by atoms with Gasteiger partial charge in [0.1, 0.15) is 0 Å². The van der Waals surface area contributed by atoms with Crippen molar-refractivity contribution in [1.82, 2.24) is 0 Å². The normalized spacial score (nSPS) is 27.0. The van der Waals surface area contributed by atoms with Crippen molar-refractivity contribution in [3.63, 3.8) is 0 Å². The first-order valence-corrected chi connectivity index (χ1v) is 8.01. The molecule has 1 aliphatic rings. The summed E-state index contributed by atoms with van der Waals surface area (Å²) in [6, 6.07) is 7.84. The van der Waals surface area contributed by atoms with Gasteiger partial charge in [-0.2, -0.15) is 0 Å². The van der Waals surface area contributed by atoms with Gasteiger partial charge in [0.15, 0.2) is 0 Å². The highest BCUT2D eigenvalue weighted by atomic mass is 32.2. The van der Waals surface area contributed by atoms with Gasteiger partial charge in [-0.15, -0.1) is 11.8 Å². The van der Waals surface area contributed by atoms with Crippen LogP contribution in [-0.4, -0.2) is 17.7 Å². The third-order valence-electron chi connectivity index (χ3n) is 3.84. The number of hydrogen-bond donors (Lipinski definition) is 2. The van der Waals surface area contributed by atoms with Crippen LogP contribution in [0.3, 0.4) is 0 Å². The number of nitrogens with one attached hydrogen (secondary N) is 1. The summed E-state index contributed by atoms with van der Waals surface area (Å²) in [6.07, 6.45) is 5.78. The Balaban J connectivity index is 2.12. The van der Waals surface area contributed by atoms with E-state index in [9.17, 15) is 4.79 Å². The zero-order valence-corrected chi connectivity index (χ0v) is 12.4. The highest BCUT2D eigenvalue weighted by molar-refractivity contribution is 7.98. The SMILES string of the molecule is CSc1ccccc1NC(=O)C1(N)CCCC(C)C1. The smallest absolute Gasteiger partial charge is 0.244 e. The quantitative estimate of drug-likeness (QED) is 0.834. The molecular formula is C15H22N2OS. The van der Waals surface area contributed by atoms with Crippen molar-refractivity contribution in [2.75, 3.05) is 11.6 Å². The van der Waals surface area contributed by atoms with Crippen molar-refractivity contribution < 1.29 is 4.79 Å². The number of carbonyl (C=O) groups is 1. The Hall–Kier alpha value is -1.00. The Morgan fingerprint density at radius 3 is 2.89 bits per heavy atom. The summed E-state index contributed by atoms with van der Waals surface area (Å²) in [6.45, 7) is 2.17. The van der Waals surface area contributed by atoms with E-state index >= 15 is 0 Å². The molecule has 0 spiro atoms. The molecule has 0 saturated heterocycles. The number of thioether (sulfide) groups is 1. The lowest BCUT2D eigenvalue weighted by atomic mass is 9.76. The van der Waals surface area contributed by atoms with Crippen LogP contribution in [0, 0.1) is 5.92 Å². The number of carbonyl (C=O) groups excluding carboxylic acids is 1. The number of amides is 1. The minimum atomic E-state index is -0.705. The van der Waals surface area contributed by atoms with Gasteiger partial charge in [-0.1, -0.05) is 31.9 Å². The molecule has 1 aromatic rings. The molecule has 0 aromatic heterocycles. The maximum absolute atomic E-state index is 12.5. The lowest BCUT2D eigenvalue weighted by Crippen LogP contribution is -2.53. The zero-order chi connectivity index (χ0) is 13.9. The average Bonchev–Trinajstić information content (AvgIpc) is 2.39. The molecule has 2 atom stereocenters. The van der Waals surface area contributed by atoms with Crippen LogP contribution < -0.4 is 11.1 Å². The second kappa shape index (κ2) is 5.97. The lowest BCUT2D eigenvalue weighted by molar-refractivity contribution is -0.122. The van der Waals surface area contributed by atoms with Crippen molar-refractivity contribution in [3.8, 4) is 0 Å². The summed E-state index contributed by atoms with van der Waals surface area (Å²) in [7, 11) is 0. The number of anilines is 1. The first kappa shape index (κ1) is 14.4. The maximum Gasteiger partial charge on any atom is 0.244 e. The van der Waals surface area contributed by atoms with E-state index in [4.69, 9.17) is 5.73 Å². The summed E-state index contributed by atoms with van der Waals surface area (Å²) in [5.74, 6) is 0.487. The molecular weight excluding hydrogens is 256 g/mol. The van der Waals surface area contributed by atoms with Gasteiger partial charge in [-0.05, 0) is 37.1 Å². The van der Waals surface area contributed by atoms with E-state index in [0.29, 0.717) is 5.92 Å². The monoisotopic (exact) mass is 278 g/mol. The van der Waals surface area contributed by atoms with Gasteiger partial charge in [0, 0.05) is 4.90 Å². The number of rotatable bonds is 3. The van der Waals surface area contributed by atoms with Crippen LogP contribution in [0.1, 0.15) is 32.6 Å². The summed E-state index contributed by atoms with van der Waals surface area (Å²) in [5, 5.41) is 3.01. The number of benzene rings is 1. The highest BCUT2D eigenvalue weighted by Gasteiger charge is 2.38. The van der Waals surface area contributed by atoms with Gasteiger partial charge in [0.2, 0.25) is 5.91 Å². The predicted molar refractivity (Wildman–Crippen MR) is 81.4 cm³/mol. The van der Waals surface area contributed by atoms with Gasteiger partial charge in [0.25, 0.3) is 0 Å². The lowest BCUT2D eigenvalue weighted by Gasteiger charge is -2.35. The van der Waals surface area contributed by atoms with Crippen LogP contribution in [0.5, 0.6) is 0 Å². The molecule has 3 nitrogen and oxygen atoms in total. The molecule has 1 saturated carbocycles. The molecule has 0 aliphatic heterocycles. The van der Waals surface area contributed by atoms with Gasteiger partial charge in [-0.25, -0.2) is 0 Å². The number of hydrogen-bond acceptors (Lipinski definition) is 3. The van der Waals surface area contributed by atoms with E-state index in [1.165, 1.54) is 6.42 Å². The Morgan fingerprint density at radius 2 is 2.21 bits per heavy atom. The topological polar surface area (TPSA) is 55.1 Å². The zero-order valence-electron chi connectivity index (χ0n) is 11.6. The molecule has 4 heteroatoms. The minimum absolute atomic E-state index is 0.0412. The van der Waals surface area contributed by atoms with Crippen molar-refractivity contribution in [2.45, 2.75) is 43.0 Å². The van der Waals surface area contributed by atoms with Gasteiger partial charge in [-0.3, -0.25) is 4.79 Å². The molecule has 3 N–H and O–H groups in total. The number of para-hydroxylation sites is 1. The Bertz CT molecular complexity index is 463. The molecule has 0 bridgehead atoms. The molecule has 0 heterocycles. The van der Waals surface area contributed by atoms with E-state index < -0.39 is 5.54 Å². The fourth-order valence-electron chi connectivity index (χ4n) is 2.79. The molecule has 2 unspecified atom stereocenters. The molecule has 1 fully saturated rings. The van der Waals surface area contributed by atoms with Crippen molar-refractivity contribution >= 4 is 23.4 Å². The fourth-order valence-corrected chi connectivity index (χ4v) is 3.35. The largest absolute Gasteiger partial charge is 0.323 e.